The molecular weight excluding hydrogens is 295 g/mol. The number of rotatable bonds is 5. The fourth-order valence-corrected chi connectivity index (χ4v) is 2.60. The predicted molar refractivity (Wildman–Crippen MR) is 82.1 cm³/mol. The van der Waals surface area contributed by atoms with E-state index in [0.29, 0.717) is 28.3 Å². The summed E-state index contributed by atoms with van der Waals surface area (Å²) in [5.74, 6) is 0.532. The monoisotopic (exact) mass is 310 g/mol. The third-order valence-electron chi connectivity index (χ3n) is 2.93. The molecule has 0 aliphatic rings. The molecular formula is C15H16Cl2N2O. The van der Waals surface area contributed by atoms with E-state index in [-0.39, 0.29) is 6.10 Å². The molecule has 0 radical (unpaired) electrons. The molecule has 5 heteroatoms. The Morgan fingerprint density at radius 2 is 1.65 bits per heavy atom. The zero-order valence-corrected chi connectivity index (χ0v) is 12.9. The van der Waals surface area contributed by atoms with Crippen LogP contribution in [0, 0.1) is 0 Å². The van der Waals surface area contributed by atoms with Gasteiger partial charge in [-0.2, -0.15) is 0 Å². The van der Waals surface area contributed by atoms with Crippen molar-refractivity contribution in [3.05, 3.63) is 46.5 Å². The second-order valence-corrected chi connectivity index (χ2v) is 4.97. The summed E-state index contributed by atoms with van der Waals surface area (Å²) in [6.07, 6.45) is 0.588. The van der Waals surface area contributed by atoms with Gasteiger partial charge in [-0.25, -0.2) is 9.97 Å². The Hall–Kier alpha value is -1.16. The molecule has 1 aromatic carbocycles. The first-order valence-electron chi connectivity index (χ1n) is 6.57. The minimum absolute atomic E-state index is 0.181. The molecule has 1 aromatic heterocycles. The maximum absolute atomic E-state index is 6.28. The zero-order chi connectivity index (χ0) is 14.5. The molecule has 0 spiro atoms. The lowest BCUT2D eigenvalue weighted by Gasteiger charge is -2.15. The number of hydrogen-bond acceptors (Lipinski definition) is 3. The minimum Gasteiger partial charge on any atom is -0.371 e. The van der Waals surface area contributed by atoms with Crippen LogP contribution >= 0.6 is 23.2 Å². The van der Waals surface area contributed by atoms with Crippen molar-refractivity contribution in [3.63, 3.8) is 0 Å². The molecule has 20 heavy (non-hydrogen) atoms. The van der Waals surface area contributed by atoms with Crippen molar-refractivity contribution >= 4 is 23.2 Å². The van der Waals surface area contributed by atoms with Crippen LogP contribution in [0.5, 0.6) is 0 Å². The van der Waals surface area contributed by atoms with Crippen molar-refractivity contribution in [2.75, 3.05) is 6.61 Å². The number of benzene rings is 1. The van der Waals surface area contributed by atoms with Crippen LogP contribution in [0.15, 0.2) is 30.3 Å². The highest BCUT2D eigenvalue weighted by Crippen LogP contribution is 2.33. The van der Waals surface area contributed by atoms with Gasteiger partial charge in [-0.3, -0.25) is 0 Å². The molecule has 1 heterocycles. The Kier molecular flexibility index (Phi) is 5.35. The average molecular weight is 311 g/mol. The lowest BCUT2D eigenvalue weighted by molar-refractivity contribution is 0.0535. The molecule has 0 saturated carbocycles. The van der Waals surface area contributed by atoms with Crippen molar-refractivity contribution in [1.82, 2.24) is 9.97 Å². The van der Waals surface area contributed by atoms with Gasteiger partial charge in [0.2, 0.25) is 0 Å². The molecule has 0 N–H and O–H groups in total. The van der Waals surface area contributed by atoms with E-state index in [1.807, 2.05) is 44.2 Å². The highest BCUT2D eigenvalue weighted by molar-refractivity contribution is 6.37. The van der Waals surface area contributed by atoms with Gasteiger partial charge in [0.05, 0.1) is 5.56 Å². The third kappa shape index (κ3) is 3.29. The first-order chi connectivity index (χ1) is 9.67. The molecule has 2 rings (SSSR count). The van der Waals surface area contributed by atoms with Crippen molar-refractivity contribution in [1.29, 1.82) is 0 Å². The topological polar surface area (TPSA) is 35.0 Å². The van der Waals surface area contributed by atoms with E-state index in [4.69, 9.17) is 27.9 Å². The first kappa shape index (κ1) is 15.2. The Bertz CT molecular complexity index is 552. The summed E-state index contributed by atoms with van der Waals surface area (Å²) in [7, 11) is 0. The van der Waals surface area contributed by atoms with E-state index >= 15 is 0 Å². The van der Waals surface area contributed by atoms with Crippen LogP contribution in [0.25, 0.3) is 11.1 Å². The number of nitrogens with zero attached hydrogens (tertiary/aromatic N) is 2. The van der Waals surface area contributed by atoms with Crippen LogP contribution in [0.1, 0.15) is 32.2 Å². The second-order valence-electron chi connectivity index (χ2n) is 4.26. The van der Waals surface area contributed by atoms with Crippen LogP contribution in [0.3, 0.4) is 0 Å². The van der Waals surface area contributed by atoms with Crippen molar-refractivity contribution < 1.29 is 4.74 Å². The molecule has 106 valence electrons. The summed E-state index contributed by atoms with van der Waals surface area (Å²) >= 11 is 12.6. The molecule has 0 saturated heterocycles. The molecule has 0 aliphatic carbocycles. The molecule has 0 amide bonds. The minimum atomic E-state index is -0.181. The highest BCUT2D eigenvalue weighted by Gasteiger charge is 2.18. The van der Waals surface area contributed by atoms with E-state index in [2.05, 4.69) is 9.97 Å². The predicted octanol–water partition coefficient (Wildman–Crippen LogP) is 4.94. The lowest BCUT2D eigenvalue weighted by Crippen LogP contribution is -2.09. The van der Waals surface area contributed by atoms with E-state index in [0.717, 1.165) is 12.0 Å². The Labute approximate surface area is 128 Å². The third-order valence-corrected chi connectivity index (χ3v) is 3.47. The van der Waals surface area contributed by atoms with E-state index in [1.165, 1.54) is 0 Å². The van der Waals surface area contributed by atoms with E-state index in [1.54, 1.807) is 0 Å². The second kappa shape index (κ2) is 7.02. The highest BCUT2D eigenvalue weighted by atomic mass is 35.5. The summed E-state index contributed by atoms with van der Waals surface area (Å²) in [5.41, 5.74) is 1.56. The number of hydrogen-bond donors (Lipinski definition) is 0. The van der Waals surface area contributed by atoms with Gasteiger partial charge in [0.1, 0.15) is 16.4 Å². The van der Waals surface area contributed by atoms with Crippen LogP contribution in [0.4, 0.5) is 0 Å². The summed E-state index contributed by atoms with van der Waals surface area (Å²) in [5, 5.41) is 0.703. The lowest BCUT2D eigenvalue weighted by atomic mass is 10.1. The molecule has 0 fully saturated rings. The van der Waals surface area contributed by atoms with Crippen LogP contribution in [0.2, 0.25) is 10.3 Å². The van der Waals surface area contributed by atoms with Crippen LogP contribution in [-0.2, 0) is 4.74 Å². The Morgan fingerprint density at radius 3 is 2.15 bits per heavy atom. The molecule has 0 aliphatic heterocycles. The van der Waals surface area contributed by atoms with Gasteiger partial charge in [-0.05, 0) is 18.9 Å². The van der Waals surface area contributed by atoms with Crippen LogP contribution in [-0.4, -0.2) is 16.6 Å². The fourth-order valence-electron chi connectivity index (χ4n) is 1.99. The Balaban J connectivity index is 2.44. The van der Waals surface area contributed by atoms with Crippen molar-refractivity contribution in [2.45, 2.75) is 26.4 Å². The molecule has 2 aromatic rings. The zero-order valence-electron chi connectivity index (χ0n) is 11.4. The number of halogens is 2. The first-order valence-corrected chi connectivity index (χ1v) is 7.32. The van der Waals surface area contributed by atoms with E-state index < -0.39 is 0 Å². The summed E-state index contributed by atoms with van der Waals surface area (Å²) in [6.45, 7) is 4.54. The Morgan fingerprint density at radius 1 is 1.05 bits per heavy atom. The van der Waals surface area contributed by atoms with Gasteiger partial charge >= 0.3 is 0 Å². The van der Waals surface area contributed by atoms with Gasteiger partial charge in [0.15, 0.2) is 5.82 Å². The van der Waals surface area contributed by atoms with Gasteiger partial charge in [-0.1, -0.05) is 60.5 Å². The van der Waals surface area contributed by atoms with Crippen molar-refractivity contribution in [3.8, 4) is 11.1 Å². The maximum Gasteiger partial charge on any atom is 0.160 e. The normalized spacial score (nSPS) is 12.4. The molecule has 1 atom stereocenters. The SMILES string of the molecule is CCOC(CC)c1nc(Cl)c(-c2ccccc2)c(Cl)n1. The largest absolute Gasteiger partial charge is 0.371 e. The fraction of sp³-hybridized carbons (Fsp3) is 0.333. The van der Waals surface area contributed by atoms with E-state index in [9.17, 15) is 0 Å². The quantitative estimate of drug-likeness (QED) is 0.734. The number of aromatic nitrogens is 2. The van der Waals surface area contributed by atoms with Gasteiger partial charge in [-0.15, -0.1) is 0 Å². The maximum atomic E-state index is 6.28. The van der Waals surface area contributed by atoms with Gasteiger partial charge < -0.3 is 4.74 Å². The standard InChI is InChI=1S/C15H16Cl2N2O/c1-3-11(20-4-2)15-18-13(16)12(14(17)19-15)10-8-6-5-7-9-10/h5-9,11H,3-4H2,1-2H3. The van der Waals surface area contributed by atoms with Gasteiger partial charge in [0.25, 0.3) is 0 Å². The van der Waals surface area contributed by atoms with Gasteiger partial charge in [0, 0.05) is 6.61 Å². The molecule has 3 nitrogen and oxygen atoms in total. The smallest absolute Gasteiger partial charge is 0.160 e. The summed E-state index contributed by atoms with van der Waals surface area (Å²) < 4.78 is 5.59. The molecule has 1 unspecified atom stereocenters. The summed E-state index contributed by atoms with van der Waals surface area (Å²) in [4.78, 5) is 8.69. The number of ether oxygens (including phenoxy) is 1. The average Bonchev–Trinajstić information content (AvgIpc) is 2.45. The van der Waals surface area contributed by atoms with Crippen LogP contribution < -0.4 is 0 Å². The van der Waals surface area contributed by atoms with Crippen molar-refractivity contribution in [2.24, 2.45) is 0 Å². The summed E-state index contributed by atoms with van der Waals surface area (Å²) in [6, 6.07) is 9.63. The molecule has 0 bridgehead atoms.